The quantitative estimate of drug-likeness (QED) is 0.692. The second-order valence-electron chi connectivity index (χ2n) is 4.80. The van der Waals surface area contributed by atoms with Crippen molar-refractivity contribution in [2.45, 2.75) is 34.1 Å². The highest BCUT2D eigenvalue weighted by molar-refractivity contribution is 5.82. The minimum Gasteiger partial charge on any atom is -0.469 e. The van der Waals surface area contributed by atoms with Crippen molar-refractivity contribution in [2.24, 2.45) is 16.6 Å². The lowest BCUT2D eigenvalue weighted by Crippen LogP contribution is -2.39. The van der Waals surface area contributed by atoms with Crippen LogP contribution in [0.4, 0.5) is 0 Å². The highest BCUT2D eigenvalue weighted by Crippen LogP contribution is 2.34. The van der Waals surface area contributed by atoms with Gasteiger partial charge in [0, 0.05) is 5.41 Å². The summed E-state index contributed by atoms with van der Waals surface area (Å²) in [6.07, 6.45) is 0.377. The van der Waals surface area contributed by atoms with Gasteiger partial charge in [0.25, 0.3) is 0 Å². The Morgan fingerprint density at radius 2 is 1.57 bits per heavy atom. The van der Waals surface area contributed by atoms with E-state index < -0.39 is 16.7 Å². The Morgan fingerprint density at radius 3 is 1.86 bits per heavy atom. The van der Waals surface area contributed by atoms with Gasteiger partial charge in [-0.1, -0.05) is 13.8 Å². The summed E-state index contributed by atoms with van der Waals surface area (Å²) < 4.78 is 4.65. The van der Waals surface area contributed by atoms with Gasteiger partial charge in [-0.3, -0.25) is 9.59 Å². The van der Waals surface area contributed by atoms with Crippen LogP contribution in [0.3, 0.4) is 0 Å². The molecule has 0 fully saturated rings. The number of esters is 1. The number of nitrogens with two attached hydrogens (primary N) is 1. The predicted molar refractivity (Wildman–Crippen MR) is 53.4 cm³/mol. The molecule has 0 aromatic carbocycles. The molecule has 0 aliphatic carbocycles. The van der Waals surface area contributed by atoms with Gasteiger partial charge >= 0.3 is 5.97 Å². The molecule has 0 rings (SSSR count). The zero-order chi connectivity index (χ0) is 11.6. The molecule has 0 spiro atoms. The molecular weight excluding hydrogens is 182 g/mol. The number of hydrogen-bond acceptors (Lipinski definition) is 3. The van der Waals surface area contributed by atoms with Crippen molar-refractivity contribution < 1.29 is 14.3 Å². The van der Waals surface area contributed by atoms with Crippen molar-refractivity contribution in [3.63, 3.8) is 0 Å². The first-order chi connectivity index (χ1) is 6.13. The smallest absolute Gasteiger partial charge is 0.311 e. The molecule has 1 amide bonds. The van der Waals surface area contributed by atoms with Gasteiger partial charge in [-0.25, -0.2) is 0 Å². The number of amides is 1. The van der Waals surface area contributed by atoms with E-state index in [1.54, 1.807) is 27.7 Å². The number of rotatable bonds is 4. The topological polar surface area (TPSA) is 69.4 Å². The molecular formula is C10H19NO3. The third-order valence-corrected chi connectivity index (χ3v) is 2.29. The summed E-state index contributed by atoms with van der Waals surface area (Å²) in [5, 5.41) is 0. The summed E-state index contributed by atoms with van der Waals surface area (Å²) in [6, 6.07) is 0. The zero-order valence-corrected chi connectivity index (χ0v) is 9.51. The van der Waals surface area contributed by atoms with Crippen molar-refractivity contribution in [3.8, 4) is 0 Å². The fraction of sp³-hybridized carbons (Fsp3) is 0.800. The molecule has 0 heterocycles. The van der Waals surface area contributed by atoms with Gasteiger partial charge < -0.3 is 10.5 Å². The maximum Gasteiger partial charge on any atom is 0.311 e. The average Bonchev–Trinajstić information content (AvgIpc) is 2.00. The first kappa shape index (κ1) is 12.9. The number of hydrogen-bond donors (Lipinski definition) is 1. The normalized spacial score (nSPS) is 12.4. The SMILES string of the molecule is COC(=O)C(C)(C)CC(C)(C)C(N)=O. The molecule has 0 aliphatic rings. The Morgan fingerprint density at radius 1 is 1.14 bits per heavy atom. The maximum absolute atomic E-state index is 11.4. The molecule has 0 aromatic heterocycles. The largest absolute Gasteiger partial charge is 0.469 e. The Bertz CT molecular complexity index is 244. The van der Waals surface area contributed by atoms with Crippen LogP contribution in [0.5, 0.6) is 0 Å². The van der Waals surface area contributed by atoms with E-state index in [-0.39, 0.29) is 5.97 Å². The second-order valence-corrected chi connectivity index (χ2v) is 4.80. The van der Waals surface area contributed by atoms with Gasteiger partial charge in [0.1, 0.15) is 0 Å². The number of primary amides is 1. The van der Waals surface area contributed by atoms with Crippen molar-refractivity contribution in [3.05, 3.63) is 0 Å². The van der Waals surface area contributed by atoms with E-state index in [2.05, 4.69) is 4.74 Å². The van der Waals surface area contributed by atoms with E-state index in [0.717, 1.165) is 0 Å². The molecule has 0 bridgehead atoms. The summed E-state index contributed by atoms with van der Waals surface area (Å²) in [5.74, 6) is -0.735. The van der Waals surface area contributed by atoms with Crippen LogP contribution >= 0.6 is 0 Å². The summed E-state index contributed by atoms with van der Waals surface area (Å²) in [5.41, 5.74) is 3.84. The Kier molecular flexibility index (Phi) is 3.68. The van der Waals surface area contributed by atoms with Crippen LogP contribution in [-0.4, -0.2) is 19.0 Å². The molecule has 4 nitrogen and oxygen atoms in total. The van der Waals surface area contributed by atoms with Crippen molar-refractivity contribution in [1.82, 2.24) is 0 Å². The van der Waals surface area contributed by atoms with Crippen molar-refractivity contribution >= 4 is 11.9 Å². The lowest BCUT2D eigenvalue weighted by atomic mass is 9.74. The first-order valence-electron chi connectivity index (χ1n) is 4.52. The lowest BCUT2D eigenvalue weighted by molar-refractivity contribution is -0.153. The van der Waals surface area contributed by atoms with Crippen molar-refractivity contribution in [1.29, 1.82) is 0 Å². The highest BCUT2D eigenvalue weighted by Gasteiger charge is 2.38. The Hall–Kier alpha value is -1.06. The standard InChI is InChI=1S/C10H19NO3/c1-9(2,7(11)12)6-10(3,4)8(13)14-5/h6H2,1-5H3,(H2,11,12). The van der Waals surface area contributed by atoms with Crippen LogP contribution in [0.1, 0.15) is 34.1 Å². The minimum absolute atomic E-state index is 0.327. The van der Waals surface area contributed by atoms with Gasteiger partial charge in [-0.05, 0) is 20.3 Å². The molecule has 0 saturated carbocycles. The van der Waals surface area contributed by atoms with Crippen LogP contribution in [0.25, 0.3) is 0 Å². The van der Waals surface area contributed by atoms with Crippen molar-refractivity contribution in [2.75, 3.05) is 7.11 Å². The molecule has 2 N–H and O–H groups in total. The number of ether oxygens (including phenoxy) is 1. The summed E-state index contributed by atoms with van der Waals surface area (Å²) in [6.45, 7) is 6.92. The van der Waals surface area contributed by atoms with E-state index in [0.29, 0.717) is 6.42 Å². The molecule has 0 atom stereocenters. The molecule has 4 heteroatoms. The number of carbonyl (C=O) groups excluding carboxylic acids is 2. The van der Waals surface area contributed by atoms with Crippen LogP contribution in [0, 0.1) is 10.8 Å². The first-order valence-corrected chi connectivity index (χ1v) is 4.52. The monoisotopic (exact) mass is 201 g/mol. The summed E-state index contributed by atoms with van der Waals surface area (Å²) >= 11 is 0. The molecule has 0 saturated heterocycles. The average molecular weight is 201 g/mol. The molecule has 82 valence electrons. The van der Waals surface area contributed by atoms with Crippen LogP contribution in [-0.2, 0) is 14.3 Å². The minimum atomic E-state index is -0.697. The van der Waals surface area contributed by atoms with E-state index in [1.807, 2.05) is 0 Å². The van der Waals surface area contributed by atoms with E-state index in [4.69, 9.17) is 5.73 Å². The molecule has 14 heavy (non-hydrogen) atoms. The fourth-order valence-electron chi connectivity index (χ4n) is 1.54. The summed E-state index contributed by atoms with van der Waals surface area (Å²) in [4.78, 5) is 22.4. The second kappa shape index (κ2) is 3.98. The molecule has 0 aliphatic heterocycles. The zero-order valence-electron chi connectivity index (χ0n) is 9.51. The van der Waals surface area contributed by atoms with E-state index >= 15 is 0 Å². The molecule has 0 radical (unpaired) electrons. The number of carbonyl (C=O) groups is 2. The van der Waals surface area contributed by atoms with Gasteiger partial charge in [0.05, 0.1) is 12.5 Å². The van der Waals surface area contributed by atoms with Gasteiger partial charge in [-0.2, -0.15) is 0 Å². The Balaban J connectivity index is 4.66. The molecule has 0 aromatic rings. The van der Waals surface area contributed by atoms with Crippen LogP contribution < -0.4 is 5.73 Å². The van der Waals surface area contributed by atoms with Gasteiger partial charge in [-0.15, -0.1) is 0 Å². The fourth-order valence-corrected chi connectivity index (χ4v) is 1.54. The lowest BCUT2D eigenvalue weighted by Gasteiger charge is -2.30. The number of methoxy groups -OCH3 is 1. The van der Waals surface area contributed by atoms with E-state index in [1.165, 1.54) is 7.11 Å². The Labute approximate surface area is 84.8 Å². The highest BCUT2D eigenvalue weighted by atomic mass is 16.5. The van der Waals surface area contributed by atoms with Crippen LogP contribution in [0.15, 0.2) is 0 Å². The maximum atomic E-state index is 11.4. The van der Waals surface area contributed by atoms with Crippen LogP contribution in [0.2, 0.25) is 0 Å². The van der Waals surface area contributed by atoms with Gasteiger partial charge in [0.15, 0.2) is 0 Å². The van der Waals surface area contributed by atoms with Gasteiger partial charge in [0.2, 0.25) is 5.91 Å². The molecule has 0 unspecified atom stereocenters. The van der Waals surface area contributed by atoms with E-state index in [9.17, 15) is 9.59 Å². The predicted octanol–water partition coefficient (Wildman–Crippen LogP) is 1.09. The third kappa shape index (κ3) is 3.01. The summed E-state index contributed by atoms with van der Waals surface area (Å²) in [7, 11) is 1.33. The third-order valence-electron chi connectivity index (χ3n) is 2.29.